The quantitative estimate of drug-likeness (QED) is 0.359. The summed E-state index contributed by atoms with van der Waals surface area (Å²) in [6.45, 7) is 0. The molecule has 0 radical (unpaired) electrons. The van der Waals surface area contributed by atoms with Gasteiger partial charge in [0.1, 0.15) is 11.4 Å². The standard InChI is InChI=1S/C25H18N2O5/c1-32-19-11-10-13(27(30)31)12-18(19)26-24(28)22-20-14-6-2-3-7-15(14)21(23(22)25(26)29)17-9-5-4-8-16(17)20/h2-12,20-23H,1H3/t20?,21?,22-,23-/m0/s1. The molecule has 1 aliphatic heterocycles. The number of rotatable bonds is 3. The fourth-order valence-electron chi connectivity index (χ4n) is 5.88. The lowest BCUT2D eigenvalue weighted by atomic mass is 9.55. The van der Waals surface area contributed by atoms with Crippen molar-refractivity contribution >= 4 is 23.2 Å². The summed E-state index contributed by atoms with van der Waals surface area (Å²) in [5.41, 5.74) is 4.22. The second kappa shape index (κ2) is 6.50. The van der Waals surface area contributed by atoms with Gasteiger partial charge in [-0.3, -0.25) is 19.7 Å². The Bertz CT molecular complexity index is 1220. The molecule has 32 heavy (non-hydrogen) atoms. The van der Waals surface area contributed by atoms with Crippen molar-refractivity contribution in [3.8, 4) is 5.75 Å². The number of anilines is 1. The first-order chi connectivity index (χ1) is 15.5. The predicted molar refractivity (Wildman–Crippen MR) is 116 cm³/mol. The minimum Gasteiger partial charge on any atom is -0.495 e. The average molecular weight is 426 g/mol. The molecule has 3 aliphatic carbocycles. The molecule has 2 atom stereocenters. The highest BCUT2D eigenvalue weighted by atomic mass is 16.6. The van der Waals surface area contributed by atoms with Gasteiger partial charge in [-0.25, -0.2) is 4.90 Å². The fraction of sp³-hybridized carbons (Fsp3) is 0.200. The smallest absolute Gasteiger partial charge is 0.271 e. The van der Waals surface area contributed by atoms with Crippen LogP contribution in [0.5, 0.6) is 5.75 Å². The molecule has 7 heteroatoms. The lowest BCUT2D eigenvalue weighted by Gasteiger charge is -2.45. The number of hydrogen-bond donors (Lipinski definition) is 0. The van der Waals surface area contributed by atoms with E-state index in [1.54, 1.807) is 0 Å². The maximum atomic E-state index is 13.8. The highest BCUT2D eigenvalue weighted by Gasteiger charge is 2.62. The Hall–Kier alpha value is -4.00. The minimum atomic E-state index is -0.554. The van der Waals surface area contributed by atoms with Crippen LogP contribution in [-0.2, 0) is 9.59 Å². The zero-order valence-corrected chi connectivity index (χ0v) is 17.1. The summed E-state index contributed by atoms with van der Waals surface area (Å²) in [5.74, 6) is -2.00. The van der Waals surface area contributed by atoms with Crippen LogP contribution in [0.15, 0.2) is 66.7 Å². The molecular weight excluding hydrogens is 408 g/mol. The van der Waals surface area contributed by atoms with E-state index in [0.717, 1.165) is 27.2 Å². The van der Waals surface area contributed by atoms with Gasteiger partial charge < -0.3 is 4.74 Å². The number of nitrogens with zero attached hydrogens (tertiary/aromatic N) is 2. The Morgan fingerprint density at radius 3 is 1.69 bits per heavy atom. The van der Waals surface area contributed by atoms with E-state index in [9.17, 15) is 19.7 Å². The molecule has 4 aliphatic rings. The van der Waals surface area contributed by atoms with Crippen LogP contribution in [0.4, 0.5) is 11.4 Å². The van der Waals surface area contributed by atoms with Crippen molar-refractivity contribution in [2.45, 2.75) is 11.8 Å². The molecule has 7 rings (SSSR count). The van der Waals surface area contributed by atoms with E-state index in [1.165, 1.54) is 25.3 Å². The third-order valence-corrected chi connectivity index (χ3v) is 7.06. The summed E-state index contributed by atoms with van der Waals surface area (Å²) in [7, 11) is 1.41. The number of non-ortho nitro benzene ring substituents is 1. The van der Waals surface area contributed by atoms with Crippen molar-refractivity contribution in [2.24, 2.45) is 11.8 Å². The number of imide groups is 1. The van der Waals surface area contributed by atoms with Gasteiger partial charge in [-0.1, -0.05) is 48.5 Å². The van der Waals surface area contributed by atoms with Gasteiger partial charge in [0.05, 0.1) is 23.9 Å². The molecule has 0 saturated carbocycles. The zero-order valence-electron chi connectivity index (χ0n) is 17.1. The lowest BCUT2D eigenvalue weighted by molar-refractivity contribution is -0.384. The van der Waals surface area contributed by atoms with Gasteiger partial charge in [-0.15, -0.1) is 0 Å². The second-order valence-electron chi connectivity index (χ2n) is 8.39. The van der Waals surface area contributed by atoms with Crippen molar-refractivity contribution in [1.29, 1.82) is 0 Å². The number of amides is 2. The molecule has 2 amide bonds. The van der Waals surface area contributed by atoms with Gasteiger partial charge >= 0.3 is 0 Å². The molecule has 3 aromatic carbocycles. The van der Waals surface area contributed by atoms with Crippen molar-refractivity contribution in [3.63, 3.8) is 0 Å². The number of carbonyl (C=O) groups excluding carboxylic acids is 2. The highest BCUT2D eigenvalue weighted by Crippen LogP contribution is 2.61. The molecule has 1 saturated heterocycles. The van der Waals surface area contributed by atoms with Gasteiger partial charge in [0.2, 0.25) is 11.8 Å². The molecule has 158 valence electrons. The van der Waals surface area contributed by atoms with Crippen LogP contribution < -0.4 is 9.64 Å². The van der Waals surface area contributed by atoms with E-state index in [2.05, 4.69) is 0 Å². The van der Waals surface area contributed by atoms with Crippen LogP contribution in [0.25, 0.3) is 0 Å². The Morgan fingerprint density at radius 1 is 0.812 bits per heavy atom. The average Bonchev–Trinajstić information content (AvgIpc) is 3.09. The molecular formula is C25H18N2O5. The zero-order chi connectivity index (χ0) is 22.1. The topological polar surface area (TPSA) is 89.8 Å². The van der Waals surface area contributed by atoms with Crippen LogP contribution in [0.2, 0.25) is 0 Å². The molecule has 1 heterocycles. The molecule has 7 nitrogen and oxygen atoms in total. The first-order valence-electron chi connectivity index (χ1n) is 10.4. The number of carbonyl (C=O) groups is 2. The van der Waals surface area contributed by atoms with Gasteiger partial charge in [-0.2, -0.15) is 0 Å². The van der Waals surface area contributed by atoms with E-state index >= 15 is 0 Å². The first-order valence-corrected chi connectivity index (χ1v) is 10.4. The van der Waals surface area contributed by atoms with E-state index in [4.69, 9.17) is 4.74 Å². The maximum absolute atomic E-state index is 13.8. The van der Waals surface area contributed by atoms with E-state index in [1.807, 2.05) is 48.5 Å². The molecule has 0 unspecified atom stereocenters. The van der Waals surface area contributed by atoms with Crippen LogP contribution >= 0.6 is 0 Å². The molecule has 0 N–H and O–H groups in total. The van der Waals surface area contributed by atoms with Gasteiger partial charge in [0.25, 0.3) is 5.69 Å². The monoisotopic (exact) mass is 426 g/mol. The Kier molecular flexibility index (Phi) is 3.81. The summed E-state index contributed by atoms with van der Waals surface area (Å²) < 4.78 is 5.37. The van der Waals surface area contributed by atoms with Crippen LogP contribution in [0.3, 0.4) is 0 Å². The normalized spacial score (nSPS) is 24.7. The molecule has 1 fully saturated rings. The molecule has 0 spiro atoms. The van der Waals surface area contributed by atoms with Gasteiger partial charge in [0.15, 0.2) is 0 Å². The minimum absolute atomic E-state index is 0.124. The molecule has 3 aromatic rings. The van der Waals surface area contributed by atoms with Crippen LogP contribution in [-0.4, -0.2) is 23.8 Å². The first kappa shape index (κ1) is 18.7. The summed E-state index contributed by atoms with van der Waals surface area (Å²) in [6, 6.07) is 19.9. The predicted octanol–water partition coefficient (Wildman–Crippen LogP) is 4.00. The Balaban J connectivity index is 1.56. The largest absolute Gasteiger partial charge is 0.495 e. The van der Waals surface area contributed by atoms with E-state index in [-0.39, 0.29) is 40.8 Å². The Morgan fingerprint density at radius 2 is 1.28 bits per heavy atom. The summed E-state index contributed by atoms with van der Waals surface area (Å²) >= 11 is 0. The van der Waals surface area contributed by atoms with Crippen LogP contribution in [0.1, 0.15) is 34.1 Å². The van der Waals surface area contributed by atoms with Crippen molar-refractivity contribution in [3.05, 3.63) is 99.1 Å². The van der Waals surface area contributed by atoms with Crippen molar-refractivity contribution in [1.82, 2.24) is 0 Å². The Labute approximate surface area is 183 Å². The summed E-state index contributed by atoms with van der Waals surface area (Å²) in [4.78, 5) is 39.5. The SMILES string of the molecule is COc1ccc([N+](=O)[O-])cc1N1C(=O)[C@H]2C3c4ccccc4C(c4ccccc43)[C@@H]2C1=O. The highest BCUT2D eigenvalue weighted by molar-refractivity contribution is 6.24. The van der Waals surface area contributed by atoms with Crippen molar-refractivity contribution in [2.75, 3.05) is 12.0 Å². The number of nitro benzene ring substituents is 1. The number of benzene rings is 3. The molecule has 2 bridgehead atoms. The lowest BCUT2D eigenvalue weighted by Crippen LogP contribution is -2.41. The van der Waals surface area contributed by atoms with Crippen LogP contribution in [0, 0.1) is 22.0 Å². The van der Waals surface area contributed by atoms with Crippen molar-refractivity contribution < 1.29 is 19.2 Å². The number of hydrogen-bond acceptors (Lipinski definition) is 5. The second-order valence-corrected chi connectivity index (χ2v) is 8.39. The number of methoxy groups -OCH3 is 1. The number of ether oxygens (including phenoxy) is 1. The fourth-order valence-corrected chi connectivity index (χ4v) is 5.88. The number of nitro groups is 1. The third kappa shape index (κ3) is 2.25. The molecule has 0 aromatic heterocycles. The van der Waals surface area contributed by atoms with E-state index < -0.39 is 16.8 Å². The van der Waals surface area contributed by atoms with E-state index in [0.29, 0.717) is 0 Å². The summed E-state index contributed by atoms with van der Waals surface area (Å²) in [5, 5.41) is 11.4. The maximum Gasteiger partial charge on any atom is 0.271 e. The third-order valence-electron chi connectivity index (χ3n) is 7.06. The van der Waals surface area contributed by atoms with Gasteiger partial charge in [-0.05, 0) is 28.3 Å². The summed E-state index contributed by atoms with van der Waals surface area (Å²) in [6.07, 6.45) is 0. The van der Waals surface area contributed by atoms with Gasteiger partial charge in [0, 0.05) is 24.0 Å².